The minimum absolute atomic E-state index is 0.918. The lowest BCUT2D eigenvalue weighted by molar-refractivity contribution is 0.669. The fourth-order valence-corrected chi connectivity index (χ4v) is 20.7. The van der Waals surface area contributed by atoms with Crippen molar-refractivity contribution in [1.82, 2.24) is 0 Å². The summed E-state index contributed by atoms with van der Waals surface area (Å²) in [4.78, 5) is 0. The third-order valence-electron chi connectivity index (χ3n) is 23.4. The molecule has 0 bridgehead atoms. The number of furan rings is 1. The second-order valence-corrected chi connectivity index (χ2v) is 32.0. The lowest BCUT2D eigenvalue weighted by Gasteiger charge is -2.20. The number of thiophene rings is 2. The van der Waals surface area contributed by atoms with Crippen LogP contribution in [0.5, 0.6) is 0 Å². The van der Waals surface area contributed by atoms with E-state index in [1.54, 1.807) is 0 Å². The SMILES string of the molecule is c1ccc(-c2c3ccccc3c(-c3cccc4sc5ccccc5c34)c3ccccc23)cc1.c1ccc(-c2ccccc2-c2c3ccccc3c(-c3cccc4sc5ccccc5c34)c3ccccc23)cc1.c1ccc2cc(-c3ccc(-c4c5ccccc5c(-c5ccc6oc7ccccc7c6c5)c5ccccc45)cc3)ccc2c1. The largest absolute Gasteiger partial charge is 0.456 e. The zero-order valence-corrected chi connectivity index (χ0v) is 64.3. The highest BCUT2D eigenvalue weighted by Crippen LogP contribution is 2.52. The van der Waals surface area contributed by atoms with E-state index in [9.17, 15) is 0 Å². The molecular weight excluding hydrogens is 1430 g/mol. The Hall–Kier alpha value is -14.3. The molecule has 0 aliphatic carbocycles. The van der Waals surface area contributed by atoms with Crippen LogP contribution in [0.4, 0.5) is 0 Å². The molecule has 24 aromatic rings. The number of benzene rings is 21. The molecule has 1 nitrogen and oxygen atoms in total. The molecule has 3 heterocycles. The van der Waals surface area contributed by atoms with Crippen molar-refractivity contribution in [2.75, 3.05) is 0 Å². The number of hydrogen-bond donors (Lipinski definition) is 0. The Balaban J connectivity index is 0.000000106. The van der Waals surface area contributed by atoms with Gasteiger partial charge >= 0.3 is 0 Å². The van der Waals surface area contributed by atoms with Crippen LogP contribution in [0.1, 0.15) is 0 Å². The number of para-hydroxylation sites is 1. The van der Waals surface area contributed by atoms with Crippen LogP contribution in [0, 0.1) is 0 Å². The Morgan fingerprint density at radius 3 is 0.948 bits per heavy atom. The van der Waals surface area contributed by atoms with Gasteiger partial charge in [-0.3, -0.25) is 0 Å². The molecule has 0 saturated heterocycles. The molecule has 115 heavy (non-hydrogen) atoms. The maximum atomic E-state index is 6.16. The Morgan fingerprint density at radius 1 is 0.148 bits per heavy atom. The van der Waals surface area contributed by atoms with Crippen LogP contribution in [0.25, 0.3) is 227 Å². The van der Waals surface area contributed by atoms with Gasteiger partial charge in [0.05, 0.1) is 0 Å². The van der Waals surface area contributed by atoms with Gasteiger partial charge < -0.3 is 4.42 Å². The average Bonchev–Trinajstić information content (AvgIpc) is 1.72. The number of hydrogen-bond acceptors (Lipinski definition) is 3. The molecule has 0 spiro atoms. The summed E-state index contributed by atoms with van der Waals surface area (Å²) >= 11 is 3.76. The zero-order valence-electron chi connectivity index (χ0n) is 62.6. The van der Waals surface area contributed by atoms with E-state index in [-0.39, 0.29) is 0 Å². The van der Waals surface area contributed by atoms with Crippen molar-refractivity contribution in [2.24, 2.45) is 0 Å². The zero-order chi connectivity index (χ0) is 75.9. The molecule has 21 aromatic carbocycles. The maximum absolute atomic E-state index is 6.16. The van der Waals surface area contributed by atoms with Crippen LogP contribution < -0.4 is 0 Å². The van der Waals surface area contributed by atoms with Crippen LogP contribution in [-0.4, -0.2) is 0 Å². The van der Waals surface area contributed by atoms with Gasteiger partial charge in [-0.05, 0) is 213 Å². The van der Waals surface area contributed by atoms with E-state index < -0.39 is 0 Å². The first-order valence-corrected chi connectivity index (χ1v) is 41.1. The molecule has 536 valence electrons. The highest BCUT2D eigenvalue weighted by atomic mass is 32.1. The molecule has 24 rings (SSSR count). The molecule has 0 unspecified atom stereocenters. The van der Waals surface area contributed by atoms with E-state index in [1.807, 2.05) is 34.8 Å². The predicted molar refractivity (Wildman–Crippen MR) is 498 cm³/mol. The van der Waals surface area contributed by atoms with E-state index in [0.29, 0.717) is 0 Å². The molecule has 3 aromatic heterocycles. The molecule has 0 saturated carbocycles. The molecule has 0 aliphatic heterocycles. The van der Waals surface area contributed by atoms with E-state index >= 15 is 0 Å². The molecule has 0 radical (unpaired) electrons. The van der Waals surface area contributed by atoms with E-state index in [0.717, 1.165) is 21.9 Å². The third kappa shape index (κ3) is 11.6. The molecular formula is C112H70OS2. The van der Waals surface area contributed by atoms with Crippen LogP contribution in [0.3, 0.4) is 0 Å². The van der Waals surface area contributed by atoms with E-state index in [4.69, 9.17) is 4.42 Å². The molecule has 0 aliphatic rings. The third-order valence-corrected chi connectivity index (χ3v) is 25.7. The lowest BCUT2D eigenvalue weighted by atomic mass is 9.83. The molecule has 0 fully saturated rings. The lowest BCUT2D eigenvalue weighted by Crippen LogP contribution is -1.93. The van der Waals surface area contributed by atoms with Gasteiger partial charge in [-0.25, -0.2) is 0 Å². The van der Waals surface area contributed by atoms with Crippen molar-refractivity contribution < 1.29 is 4.42 Å². The number of rotatable bonds is 8. The summed E-state index contributed by atoms with van der Waals surface area (Å²) in [6, 6.07) is 154. The number of fused-ring (bicyclic) bond motifs is 16. The highest BCUT2D eigenvalue weighted by Gasteiger charge is 2.25. The van der Waals surface area contributed by atoms with Crippen molar-refractivity contribution in [2.45, 2.75) is 0 Å². The van der Waals surface area contributed by atoms with E-state index in [2.05, 4.69) is 413 Å². The fraction of sp³-hybridized carbons (Fsp3) is 0. The summed E-state index contributed by atoms with van der Waals surface area (Å²) < 4.78 is 11.5. The fourth-order valence-electron chi connectivity index (χ4n) is 18.4. The Morgan fingerprint density at radius 2 is 0.461 bits per heavy atom. The van der Waals surface area contributed by atoms with Crippen molar-refractivity contribution in [3.8, 4) is 89.0 Å². The Labute approximate surface area is 673 Å². The van der Waals surface area contributed by atoms with Gasteiger partial charge in [0, 0.05) is 51.1 Å². The molecule has 3 heteroatoms. The monoisotopic (exact) mass is 1490 g/mol. The smallest absolute Gasteiger partial charge is 0.135 e. The van der Waals surface area contributed by atoms with Gasteiger partial charge in [-0.1, -0.05) is 376 Å². The van der Waals surface area contributed by atoms with Gasteiger partial charge in [-0.2, -0.15) is 0 Å². The summed E-state index contributed by atoms with van der Waals surface area (Å²) in [5, 5.41) is 25.6. The van der Waals surface area contributed by atoms with Gasteiger partial charge in [0.15, 0.2) is 0 Å². The second-order valence-electron chi connectivity index (χ2n) is 29.8. The maximum Gasteiger partial charge on any atom is 0.135 e. The first-order valence-electron chi connectivity index (χ1n) is 39.4. The van der Waals surface area contributed by atoms with Gasteiger partial charge in [0.2, 0.25) is 0 Å². The van der Waals surface area contributed by atoms with Gasteiger partial charge in [0.1, 0.15) is 11.2 Å². The Kier molecular flexibility index (Phi) is 16.7. The molecule has 0 N–H and O–H groups in total. The van der Waals surface area contributed by atoms with Crippen molar-refractivity contribution in [3.63, 3.8) is 0 Å². The average molecular weight is 1500 g/mol. The second kappa shape index (κ2) is 28.5. The predicted octanol–water partition coefficient (Wildman–Crippen LogP) is 33.1. The topological polar surface area (TPSA) is 13.1 Å². The summed E-state index contributed by atoms with van der Waals surface area (Å²) in [7, 11) is 0. The van der Waals surface area contributed by atoms with Crippen molar-refractivity contribution in [1.29, 1.82) is 0 Å². The molecule has 0 amide bonds. The highest BCUT2D eigenvalue weighted by molar-refractivity contribution is 7.26. The summed E-state index contributed by atoms with van der Waals surface area (Å²) in [6.07, 6.45) is 0. The van der Waals surface area contributed by atoms with Crippen molar-refractivity contribution in [3.05, 3.63) is 425 Å². The standard InChI is InChI=1S/C42H26O.C38H24S.C32H20S/c1-2-10-30-25-31(22-19-27(30)9-1)28-17-20-29(21-18-28)41-34-12-3-5-14-36(34)42(37-15-6-4-13-35(37)41)32-23-24-40-38(26-32)33-11-7-8-16-39(33)43-40;1-2-13-25(14-3-1)26-15-4-5-16-27(26)36-28-17-6-8-19-30(28)37(31-20-9-7-18-29(31)36)33-22-12-24-35-38(33)32-21-10-11-23-34(32)39-35;1-2-11-21(12-3-1)30-22-13-4-6-15-24(22)31(25-16-7-5-14-23(25)30)27-18-10-20-29-32(27)26-17-8-9-19-28(26)33-29/h1-26H;1-24H;1-20H. The van der Waals surface area contributed by atoms with E-state index in [1.165, 1.54) is 205 Å². The van der Waals surface area contributed by atoms with Gasteiger partial charge in [0.25, 0.3) is 0 Å². The van der Waals surface area contributed by atoms with Crippen LogP contribution in [0.15, 0.2) is 429 Å². The van der Waals surface area contributed by atoms with Crippen molar-refractivity contribution >= 4 is 160 Å². The minimum Gasteiger partial charge on any atom is -0.456 e. The molecule has 0 atom stereocenters. The first kappa shape index (κ1) is 67.6. The van der Waals surface area contributed by atoms with Crippen LogP contribution in [0.2, 0.25) is 0 Å². The van der Waals surface area contributed by atoms with Crippen LogP contribution >= 0.6 is 22.7 Å². The quantitative estimate of drug-likeness (QED) is 0.138. The summed E-state index contributed by atoms with van der Waals surface area (Å²) in [5.41, 5.74) is 22.1. The van der Waals surface area contributed by atoms with Crippen LogP contribution in [-0.2, 0) is 0 Å². The normalized spacial score (nSPS) is 11.7. The summed E-state index contributed by atoms with van der Waals surface area (Å²) in [5.74, 6) is 0. The first-order chi connectivity index (χ1) is 57.1. The minimum atomic E-state index is 0.918. The van der Waals surface area contributed by atoms with Gasteiger partial charge in [-0.15, -0.1) is 22.7 Å². The Bertz CT molecular complexity index is 7790. The summed E-state index contributed by atoms with van der Waals surface area (Å²) in [6.45, 7) is 0.